The summed E-state index contributed by atoms with van der Waals surface area (Å²) in [6, 6.07) is 13.5. The fourth-order valence-electron chi connectivity index (χ4n) is 4.35. The van der Waals surface area contributed by atoms with Crippen molar-refractivity contribution in [2.24, 2.45) is 0 Å². The molecular weight excluding hydrogens is 464 g/mol. The Hall–Kier alpha value is -2.67. The molecule has 2 heterocycles. The third kappa shape index (κ3) is 6.13. The Kier molecular flexibility index (Phi) is 8.42. The number of benzene rings is 2. The highest BCUT2D eigenvalue weighted by Crippen LogP contribution is 2.27. The quantitative estimate of drug-likeness (QED) is 0.540. The van der Waals surface area contributed by atoms with Crippen LogP contribution in [-0.2, 0) is 10.2 Å². The van der Waals surface area contributed by atoms with Gasteiger partial charge in [0.2, 0.25) is 0 Å². The molecule has 1 fully saturated rings. The van der Waals surface area contributed by atoms with Gasteiger partial charge in [0.05, 0.1) is 24.6 Å². The summed E-state index contributed by atoms with van der Waals surface area (Å²) in [6.07, 6.45) is 0. The third-order valence-electron chi connectivity index (χ3n) is 6.67. The van der Waals surface area contributed by atoms with Crippen molar-refractivity contribution < 1.29 is 13.9 Å². The molecule has 1 aliphatic heterocycles. The smallest absolute Gasteiger partial charge is 0.287 e. The van der Waals surface area contributed by atoms with E-state index < -0.39 is 0 Å². The van der Waals surface area contributed by atoms with Crippen LogP contribution in [-0.4, -0.2) is 43.7 Å². The average Bonchev–Trinajstić information content (AvgIpc) is 2.81. The molecule has 1 aromatic heterocycles. The second-order valence-electron chi connectivity index (χ2n) is 10.2. The number of hydrogen-bond donors (Lipinski definition) is 1. The van der Waals surface area contributed by atoms with Gasteiger partial charge in [-0.1, -0.05) is 45.0 Å². The van der Waals surface area contributed by atoms with E-state index in [-0.39, 0.29) is 41.0 Å². The maximum Gasteiger partial charge on any atom is 0.287 e. The van der Waals surface area contributed by atoms with E-state index in [1.807, 2.05) is 26.0 Å². The zero-order chi connectivity index (χ0) is 24.5. The molecule has 7 heteroatoms. The van der Waals surface area contributed by atoms with Crippen LogP contribution in [0.1, 0.15) is 59.6 Å². The van der Waals surface area contributed by atoms with E-state index in [4.69, 9.17) is 9.15 Å². The summed E-state index contributed by atoms with van der Waals surface area (Å²) in [6.45, 7) is 13.8. The van der Waals surface area contributed by atoms with Gasteiger partial charge in [-0.3, -0.25) is 14.5 Å². The lowest BCUT2D eigenvalue weighted by molar-refractivity contribution is 0.0161. The largest absolute Gasteiger partial charge is 0.451 e. The van der Waals surface area contributed by atoms with E-state index in [2.05, 4.69) is 55.3 Å². The zero-order valence-electron chi connectivity index (χ0n) is 21.1. The molecule has 0 spiro atoms. The standard InChI is InChI=1S/C28H34N2O4.ClH/c1-18-14-22-24(31)16-26(34-25(22)15-19(18)2)27(32)29-17-23(30-10-12-33-13-11-30)20-6-8-21(9-7-20)28(3,4)5;/h6-9,14-16,23H,10-13,17H2,1-5H3,(H,29,32);1H. The Bertz CT molecular complexity index is 1240. The number of halogens is 1. The van der Waals surface area contributed by atoms with Gasteiger partial charge in [-0.2, -0.15) is 0 Å². The Morgan fingerprint density at radius 1 is 1.03 bits per heavy atom. The highest BCUT2D eigenvalue weighted by atomic mass is 35.5. The fourth-order valence-corrected chi connectivity index (χ4v) is 4.35. The summed E-state index contributed by atoms with van der Waals surface area (Å²) in [5.74, 6) is -0.355. The minimum absolute atomic E-state index is 0. The lowest BCUT2D eigenvalue weighted by Crippen LogP contribution is -2.43. The van der Waals surface area contributed by atoms with Gasteiger partial charge in [-0.05, 0) is 53.6 Å². The number of nitrogens with one attached hydrogen (secondary N) is 1. The highest BCUT2D eigenvalue weighted by molar-refractivity contribution is 5.93. The zero-order valence-corrected chi connectivity index (χ0v) is 22.0. The first kappa shape index (κ1) is 26.9. The number of carbonyl (C=O) groups is 1. The van der Waals surface area contributed by atoms with E-state index in [1.165, 1.54) is 11.6 Å². The molecule has 1 amide bonds. The Morgan fingerprint density at radius 3 is 2.29 bits per heavy atom. The summed E-state index contributed by atoms with van der Waals surface area (Å²) in [5.41, 5.74) is 4.74. The number of amides is 1. The SMILES string of the molecule is Cc1cc2oc(C(=O)NCC(c3ccc(C(C)(C)C)cc3)N3CCOCC3)cc(=O)c2cc1C.Cl. The number of carbonyl (C=O) groups excluding carboxylic acids is 1. The van der Waals surface area contributed by atoms with E-state index in [9.17, 15) is 9.59 Å². The van der Waals surface area contributed by atoms with Crippen LogP contribution in [0.5, 0.6) is 0 Å². The number of rotatable bonds is 5. The number of nitrogens with zero attached hydrogens (tertiary/aromatic N) is 1. The second-order valence-corrected chi connectivity index (χ2v) is 10.2. The van der Waals surface area contributed by atoms with Gasteiger partial charge in [0.15, 0.2) is 11.2 Å². The molecule has 0 radical (unpaired) electrons. The number of fused-ring (bicyclic) bond motifs is 1. The predicted molar refractivity (Wildman–Crippen MR) is 142 cm³/mol. The fraction of sp³-hybridized carbons (Fsp3) is 0.429. The number of morpholine rings is 1. The molecule has 1 atom stereocenters. The lowest BCUT2D eigenvalue weighted by atomic mass is 9.86. The van der Waals surface area contributed by atoms with Gasteiger partial charge < -0.3 is 14.5 Å². The lowest BCUT2D eigenvalue weighted by Gasteiger charge is -2.35. The Labute approximate surface area is 213 Å². The first-order valence-electron chi connectivity index (χ1n) is 11.9. The van der Waals surface area contributed by atoms with Crippen molar-refractivity contribution in [3.63, 3.8) is 0 Å². The van der Waals surface area contributed by atoms with Gasteiger partial charge >= 0.3 is 0 Å². The molecule has 2 aromatic carbocycles. The van der Waals surface area contributed by atoms with Crippen LogP contribution in [0.15, 0.2) is 51.7 Å². The van der Waals surface area contributed by atoms with Crippen molar-refractivity contribution in [2.75, 3.05) is 32.8 Å². The van der Waals surface area contributed by atoms with Crippen LogP contribution in [0, 0.1) is 13.8 Å². The molecule has 6 nitrogen and oxygen atoms in total. The number of hydrogen-bond acceptors (Lipinski definition) is 5. The van der Waals surface area contributed by atoms with Gasteiger partial charge in [-0.15, -0.1) is 12.4 Å². The van der Waals surface area contributed by atoms with Crippen molar-refractivity contribution in [2.45, 2.75) is 46.1 Å². The van der Waals surface area contributed by atoms with E-state index in [1.54, 1.807) is 0 Å². The molecule has 0 aliphatic carbocycles. The van der Waals surface area contributed by atoms with Crippen molar-refractivity contribution >= 4 is 29.3 Å². The Morgan fingerprint density at radius 2 is 1.66 bits per heavy atom. The second kappa shape index (κ2) is 10.9. The van der Waals surface area contributed by atoms with Gasteiger partial charge in [0, 0.05) is 25.7 Å². The van der Waals surface area contributed by atoms with Crippen molar-refractivity contribution in [1.29, 1.82) is 0 Å². The maximum absolute atomic E-state index is 13.0. The predicted octanol–water partition coefficient (Wildman–Crippen LogP) is 4.93. The summed E-state index contributed by atoms with van der Waals surface area (Å²) in [7, 11) is 0. The molecule has 188 valence electrons. The molecule has 35 heavy (non-hydrogen) atoms. The molecule has 3 aromatic rings. The molecule has 1 saturated heterocycles. The molecule has 4 rings (SSSR count). The van der Waals surface area contributed by atoms with Crippen LogP contribution in [0.4, 0.5) is 0 Å². The van der Waals surface area contributed by atoms with Crippen LogP contribution < -0.4 is 10.7 Å². The minimum atomic E-state index is -0.387. The minimum Gasteiger partial charge on any atom is -0.451 e. The van der Waals surface area contributed by atoms with Crippen molar-refractivity contribution in [3.8, 4) is 0 Å². The summed E-state index contributed by atoms with van der Waals surface area (Å²) < 4.78 is 11.4. The Balaban J connectivity index is 0.00000342. The number of ether oxygens (including phenoxy) is 1. The first-order valence-corrected chi connectivity index (χ1v) is 11.9. The third-order valence-corrected chi connectivity index (χ3v) is 6.67. The molecule has 1 aliphatic rings. The number of aryl methyl sites for hydroxylation is 2. The van der Waals surface area contributed by atoms with Gasteiger partial charge in [0.1, 0.15) is 5.58 Å². The summed E-state index contributed by atoms with van der Waals surface area (Å²) >= 11 is 0. The normalized spacial score (nSPS) is 15.5. The van der Waals surface area contributed by atoms with E-state index in [0.29, 0.717) is 30.7 Å². The van der Waals surface area contributed by atoms with E-state index in [0.717, 1.165) is 29.8 Å². The summed E-state index contributed by atoms with van der Waals surface area (Å²) in [5, 5.41) is 3.49. The molecule has 1 N–H and O–H groups in total. The van der Waals surface area contributed by atoms with Crippen LogP contribution in [0.2, 0.25) is 0 Å². The van der Waals surface area contributed by atoms with Crippen LogP contribution >= 0.6 is 12.4 Å². The maximum atomic E-state index is 13.0. The molecule has 1 unspecified atom stereocenters. The summed E-state index contributed by atoms with van der Waals surface area (Å²) in [4.78, 5) is 28.0. The molecule has 0 saturated carbocycles. The van der Waals surface area contributed by atoms with Crippen molar-refractivity contribution in [3.05, 3.63) is 80.7 Å². The van der Waals surface area contributed by atoms with Crippen molar-refractivity contribution in [1.82, 2.24) is 10.2 Å². The van der Waals surface area contributed by atoms with Crippen LogP contribution in [0.3, 0.4) is 0 Å². The van der Waals surface area contributed by atoms with Gasteiger partial charge in [-0.25, -0.2) is 0 Å². The van der Waals surface area contributed by atoms with E-state index >= 15 is 0 Å². The average molecular weight is 499 g/mol. The monoisotopic (exact) mass is 498 g/mol. The molecular formula is C28H35ClN2O4. The molecule has 0 bridgehead atoms. The topological polar surface area (TPSA) is 71.8 Å². The first-order chi connectivity index (χ1) is 16.1. The highest BCUT2D eigenvalue weighted by Gasteiger charge is 2.25. The van der Waals surface area contributed by atoms with Gasteiger partial charge in [0.25, 0.3) is 5.91 Å². The van der Waals surface area contributed by atoms with Crippen LogP contribution in [0.25, 0.3) is 11.0 Å².